The second-order valence-electron chi connectivity index (χ2n) is 5.34. The molecule has 0 bridgehead atoms. The summed E-state index contributed by atoms with van der Waals surface area (Å²) in [5, 5.41) is 3.14. The van der Waals surface area contributed by atoms with Gasteiger partial charge in [0.15, 0.2) is 0 Å². The summed E-state index contributed by atoms with van der Waals surface area (Å²) in [6.45, 7) is 4.89. The Morgan fingerprint density at radius 3 is 2.42 bits per heavy atom. The molecule has 1 heterocycles. The molecule has 0 aromatic carbocycles. The minimum absolute atomic E-state index is 0.0657. The van der Waals surface area contributed by atoms with Crippen molar-refractivity contribution in [3.05, 3.63) is 20.8 Å². The van der Waals surface area contributed by atoms with Gasteiger partial charge in [0.2, 0.25) is 0 Å². The van der Waals surface area contributed by atoms with Crippen molar-refractivity contribution < 1.29 is 0 Å². The van der Waals surface area contributed by atoms with Gasteiger partial charge in [-0.2, -0.15) is 0 Å². The zero-order valence-corrected chi connectivity index (χ0v) is 12.2. The molecule has 108 valence electrons. The zero-order chi connectivity index (χ0) is 14.7. The number of hydrogen-bond donors (Lipinski definition) is 3. The summed E-state index contributed by atoms with van der Waals surface area (Å²) in [4.78, 5) is 27.5. The van der Waals surface area contributed by atoms with Crippen molar-refractivity contribution in [2.24, 2.45) is 13.0 Å². The van der Waals surface area contributed by atoms with Gasteiger partial charge in [-0.05, 0) is 20.0 Å². The molecule has 4 N–H and O–H groups in total. The first-order valence-electron chi connectivity index (χ1n) is 6.24. The van der Waals surface area contributed by atoms with Gasteiger partial charge in [0.25, 0.3) is 5.56 Å². The second kappa shape index (κ2) is 5.92. The van der Waals surface area contributed by atoms with Gasteiger partial charge < -0.3 is 16.0 Å². The van der Waals surface area contributed by atoms with Gasteiger partial charge in [0, 0.05) is 19.6 Å². The van der Waals surface area contributed by atoms with Crippen LogP contribution in [0.3, 0.4) is 0 Å². The van der Waals surface area contributed by atoms with Crippen molar-refractivity contribution in [2.75, 3.05) is 31.7 Å². The van der Waals surface area contributed by atoms with E-state index in [1.54, 1.807) is 0 Å². The molecule has 0 saturated carbocycles. The molecule has 1 unspecified atom stereocenters. The first kappa shape index (κ1) is 15.3. The van der Waals surface area contributed by atoms with Crippen LogP contribution in [0.25, 0.3) is 0 Å². The summed E-state index contributed by atoms with van der Waals surface area (Å²) >= 11 is 0. The minimum Gasteiger partial charge on any atom is -0.383 e. The number of rotatable bonds is 5. The van der Waals surface area contributed by atoms with Crippen LogP contribution in [0.2, 0.25) is 0 Å². The number of hydrogen-bond acceptors (Lipinski definition) is 5. The molecule has 1 atom stereocenters. The number of aromatic amines is 1. The van der Waals surface area contributed by atoms with Crippen LogP contribution in [-0.2, 0) is 7.05 Å². The van der Waals surface area contributed by atoms with Gasteiger partial charge in [-0.3, -0.25) is 14.3 Å². The molecular formula is C12H23N5O2. The van der Waals surface area contributed by atoms with E-state index in [9.17, 15) is 9.59 Å². The number of anilines is 2. The Morgan fingerprint density at radius 2 is 1.95 bits per heavy atom. The van der Waals surface area contributed by atoms with Crippen LogP contribution >= 0.6 is 0 Å². The summed E-state index contributed by atoms with van der Waals surface area (Å²) in [7, 11) is 5.45. The Morgan fingerprint density at radius 1 is 1.37 bits per heavy atom. The lowest BCUT2D eigenvalue weighted by Gasteiger charge is -2.26. The maximum atomic E-state index is 11.8. The molecule has 0 amide bonds. The van der Waals surface area contributed by atoms with Crippen molar-refractivity contribution in [1.82, 2.24) is 14.5 Å². The molecule has 0 saturated heterocycles. The van der Waals surface area contributed by atoms with E-state index >= 15 is 0 Å². The van der Waals surface area contributed by atoms with Gasteiger partial charge in [-0.25, -0.2) is 4.79 Å². The molecule has 0 spiro atoms. The van der Waals surface area contributed by atoms with Crippen molar-refractivity contribution >= 4 is 11.5 Å². The molecule has 7 heteroatoms. The van der Waals surface area contributed by atoms with Gasteiger partial charge in [0.1, 0.15) is 11.5 Å². The molecule has 7 nitrogen and oxygen atoms in total. The van der Waals surface area contributed by atoms with Crippen LogP contribution < -0.4 is 22.3 Å². The first-order chi connectivity index (χ1) is 8.73. The lowest BCUT2D eigenvalue weighted by molar-refractivity contribution is 0.344. The number of nitrogens with zero attached hydrogens (tertiary/aromatic N) is 2. The van der Waals surface area contributed by atoms with E-state index in [4.69, 9.17) is 5.73 Å². The minimum atomic E-state index is -0.512. The summed E-state index contributed by atoms with van der Waals surface area (Å²) in [6, 6.07) is 0.0657. The maximum Gasteiger partial charge on any atom is 0.329 e. The number of likely N-dealkylation sites (N-methyl/N-ethyl adjacent to an activating group) is 1. The Bertz CT molecular complexity index is 544. The van der Waals surface area contributed by atoms with Crippen molar-refractivity contribution in [3.63, 3.8) is 0 Å². The summed E-state index contributed by atoms with van der Waals surface area (Å²) in [5.41, 5.74) is 5.09. The van der Waals surface area contributed by atoms with Crippen LogP contribution in [0.5, 0.6) is 0 Å². The fourth-order valence-corrected chi connectivity index (χ4v) is 1.78. The highest BCUT2D eigenvalue weighted by molar-refractivity contribution is 5.60. The predicted octanol–water partition coefficient (Wildman–Crippen LogP) is -0.346. The van der Waals surface area contributed by atoms with E-state index in [1.807, 2.05) is 19.0 Å². The van der Waals surface area contributed by atoms with E-state index in [0.717, 1.165) is 6.54 Å². The normalized spacial score (nSPS) is 13.0. The molecule has 0 fully saturated rings. The number of nitrogen functional groups attached to an aromatic ring is 1. The fourth-order valence-electron chi connectivity index (χ4n) is 1.78. The van der Waals surface area contributed by atoms with E-state index < -0.39 is 11.2 Å². The van der Waals surface area contributed by atoms with Crippen molar-refractivity contribution in [1.29, 1.82) is 0 Å². The van der Waals surface area contributed by atoms with Crippen LogP contribution in [0.1, 0.15) is 13.8 Å². The van der Waals surface area contributed by atoms with Crippen LogP contribution in [0.15, 0.2) is 9.59 Å². The van der Waals surface area contributed by atoms with Crippen LogP contribution in [-0.4, -0.2) is 41.1 Å². The summed E-state index contributed by atoms with van der Waals surface area (Å²) < 4.78 is 1.22. The third-order valence-corrected chi connectivity index (χ3v) is 3.07. The first-order valence-corrected chi connectivity index (χ1v) is 6.24. The molecule has 19 heavy (non-hydrogen) atoms. The summed E-state index contributed by atoms with van der Waals surface area (Å²) in [6.07, 6.45) is 0. The highest BCUT2D eigenvalue weighted by atomic mass is 16.2. The van der Waals surface area contributed by atoms with Crippen LogP contribution in [0, 0.1) is 5.92 Å². The Labute approximate surface area is 112 Å². The average molecular weight is 269 g/mol. The Hall–Kier alpha value is -1.76. The highest BCUT2D eigenvalue weighted by Crippen LogP contribution is 2.14. The topological polar surface area (TPSA) is 96.2 Å². The number of nitrogens with one attached hydrogen (secondary N) is 2. The smallest absolute Gasteiger partial charge is 0.329 e. The molecule has 0 radical (unpaired) electrons. The molecule has 1 rings (SSSR count). The third kappa shape index (κ3) is 3.60. The molecule has 0 aliphatic carbocycles. The predicted molar refractivity (Wildman–Crippen MR) is 77.5 cm³/mol. The molecular weight excluding hydrogens is 246 g/mol. The van der Waals surface area contributed by atoms with Gasteiger partial charge in [0.05, 0.1) is 0 Å². The lowest BCUT2D eigenvalue weighted by Crippen LogP contribution is -2.40. The highest BCUT2D eigenvalue weighted by Gasteiger charge is 2.18. The molecule has 0 aliphatic rings. The van der Waals surface area contributed by atoms with Gasteiger partial charge in [-0.1, -0.05) is 13.8 Å². The standard InChI is InChI=1S/C12H23N5O2/c1-7(2)8(6-16(3)4)14-9-10(13)17(5)12(19)15-11(9)18/h7-8,14H,6,13H2,1-5H3,(H,15,18,19). The Kier molecular flexibility index (Phi) is 4.77. The number of nitrogens with two attached hydrogens (primary N) is 1. The van der Waals surface area contributed by atoms with E-state index in [0.29, 0.717) is 5.92 Å². The molecule has 1 aromatic rings. The van der Waals surface area contributed by atoms with E-state index in [1.165, 1.54) is 11.6 Å². The largest absolute Gasteiger partial charge is 0.383 e. The Balaban J connectivity index is 3.13. The number of H-pyrrole nitrogens is 1. The zero-order valence-electron chi connectivity index (χ0n) is 12.2. The van der Waals surface area contributed by atoms with Gasteiger partial charge in [-0.15, -0.1) is 0 Å². The number of aromatic nitrogens is 2. The molecule has 1 aromatic heterocycles. The molecule has 0 aliphatic heterocycles. The van der Waals surface area contributed by atoms with E-state index in [2.05, 4.69) is 24.1 Å². The second-order valence-corrected chi connectivity index (χ2v) is 5.34. The quantitative estimate of drug-likeness (QED) is 0.679. The van der Waals surface area contributed by atoms with Crippen molar-refractivity contribution in [2.45, 2.75) is 19.9 Å². The maximum absolute atomic E-state index is 11.8. The average Bonchev–Trinajstić information content (AvgIpc) is 2.29. The van der Waals surface area contributed by atoms with Crippen molar-refractivity contribution in [3.8, 4) is 0 Å². The fraction of sp³-hybridized carbons (Fsp3) is 0.667. The lowest BCUT2D eigenvalue weighted by atomic mass is 10.0. The van der Waals surface area contributed by atoms with E-state index in [-0.39, 0.29) is 17.5 Å². The van der Waals surface area contributed by atoms with Gasteiger partial charge >= 0.3 is 5.69 Å². The summed E-state index contributed by atoms with van der Waals surface area (Å²) in [5.74, 6) is 0.469. The SMILES string of the molecule is CC(C)C(CN(C)C)Nc1c(N)n(C)c(=O)[nH]c1=O. The van der Waals surface area contributed by atoms with Crippen LogP contribution in [0.4, 0.5) is 11.5 Å². The third-order valence-electron chi connectivity index (χ3n) is 3.07. The monoisotopic (exact) mass is 269 g/mol.